The van der Waals surface area contributed by atoms with E-state index in [-0.39, 0.29) is 31.5 Å². The van der Waals surface area contributed by atoms with E-state index < -0.39 is 5.97 Å². The van der Waals surface area contributed by atoms with Crippen LogP contribution in [0.1, 0.15) is 50.2 Å². The van der Waals surface area contributed by atoms with Gasteiger partial charge in [-0.3, -0.25) is 14.5 Å². The van der Waals surface area contributed by atoms with Crippen LogP contribution in [0.5, 0.6) is 17.2 Å². The first-order valence-corrected chi connectivity index (χ1v) is 13.3. The van der Waals surface area contributed by atoms with Crippen LogP contribution in [0.15, 0.2) is 47.3 Å². The van der Waals surface area contributed by atoms with Crippen LogP contribution in [0, 0.1) is 0 Å². The minimum Gasteiger partial charge on any atom is -0.494 e. The zero-order valence-electron chi connectivity index (χ0n) is 22.8. The first-order valence-electron chi connectivity index (χ1n) is 13.3. The molecular weight excluding hydrogens is 516 g/mol. The number of aromatic nitrogens is 5. The van der Waals surface area contributed by atoms with Crippen molar-refractivity contribution in [2.75, 3.05) is 20.0 Å². The van der Waals surface area contributed by atoms with E-state index >= 15 is 0 Å². The Labute approximate surface area is 230 Å². The standard InChI is InChI=1S/C28H32N6O6/c1-4-23(27-30-31-32-34(27)16-26(35)38-6-3)33(14-18-7-10-24-25(11-18)40-17-39-24)15-20-12-19-13-21(37-5-2)8-9-22(19)29-28(20)36/h7-13,23H,4-6,14-17H2,1-3H3,(H,29,36)/t23-/m1/s1. The number of rotatable bonds is 12. The highest BCUT2D eigenvalue weighted by Gasteiger charge is 2.27. The van der Waals surface area contributed by atoms with Crippen molar-refractivity contribution in [1.82, 2.24) is 30.1 Å². The highest BCUT2D eigenvalue weighted by molar-refractivity contribution is 5.80. The Hall–Kier alpha value is -4.45. The van der Waals surface area contributed by atoms with Crippen LogP contribution in [-0.2, 0) is 29.2 Å². The molecule has 0 radical (unpaired) electrons. The van der Waals surface area contributed by atoms with Crippen LogP contribution in [-0.4, -0.2) is 56.1 Å². The molecule has 0 amide bonds. The number of nitrogens with zero attached hydrogens (tertiary/aromatic N) is 5. The number of fused-ring (bicyclic) bond motifs is 2. The van der Waals surface area contributed by atoms with Crippen LogP contribution in [0.4, 0.5) is 0 Å². The zero-order chi connectivity index (χ0) is 28.1. The van der Waals surface area contributed by atoms with E-state index in [1.807, 2.05) is 56.3 Å². The van der Waals surface area contributed by atoms with E-state index in [2.05, 4.69) is 25.4 Å². The molecule has 0 saturated carbocycles. The Morgan fingerprint density at radius 1 is 1.07 bits per heavy atom. The number of hydrogen-bond donors (Lipinski definition) is 1. The quantitative estimate of drug-likeness (QED) is 0.263. The second-order valence-electron chi connectivity index (χ2n) is 9.32. The Kier molecular flexibility index (Phi) is 8.25. The van der Waals surface area contributed by atoms with E-state index in [0.717, 1.165) is 22.2 Å². The lowest BCUT2D eigenvalue weighted by molar-refractivity contribution is -0.144. The van der Waals surface area contributed by atoms with E-state index in [1.54, 1.807) is 6.92 Å². The van der Waals surface area contributed by atoms with Crippen molar-refractivity contribution in [1.29, 1.82) is 0 Å². The minimum atomic E-state index is -0.427. The van der Waals surface area contributed by atoms with Gasteiger partial charge in [0.05, 0.1) is 19.3 Å². The molecule has 4 aromatic rings. The molecule has 0 saturated heterocycles. The van der Waals surface area contributed by atoms with Gasteiger partial charge in [0.15, 0.2) is 17.3 Å². The van der Waals surface area contributed by atoms with Crippen LogP contribution in [0.25, 0.3) is 10.9 Å². The normalized spacial score (nSPS) is 13.1. The van der Waals surface area contributed by atoms with Crippen LogP contribution < -0.4 is 19.8 Å². The van der Waals surface area contributed by atoms with Crippen molar-refractivity contribution in [2.45, 2.75) is 52.9 Å². The first kappa shape index (κ1) is 27.1. The molecule has 12 nitrogen and oxygen atoms in total. The van der Waals surface area contributed by atoms with Crippen LogP contribution in [0.3, 0.4) is 0 Å². The van der Waals surface area contributed by atoms with Crippen molar-refractivity contribution < 1.29 is 23.7 Å². The van der Waals surface area contributed by atoms with Crippen molar-refractivity contribution in [3.05, 3.63) is 69.8 Å². The van der Waals surface area contributed by atoms with Gasteiger partial charge in [0.1, 0.15) is 12.3 Å². The molecule has 2 aromatic carbocycles. The highest BCUT2D eigenvalue weighted by atomic mass is 16.7. The van der Waals surface area contributed by atoms with Gasteiger partial charge in [-0.2, -0.15) is 0 Å². The fraction of sp³-hybridized carbons (Fsp3) is 0.393. The second-order valence-corrected chi connectivity index (χ2v) is 9.32. The van der Waals surface area contributed by atoms with Gasteiger partial charge in [-0.1, -0.05) is 13.0 Å². The smallest absolute Gasteiger partial charge is 0.327 e. The lowest BCUT2D eigenvalue weighted by atomic mass is 10.1. The fourth-order valence-corrected chi connectivity index (χ4v) is 4.87. The average Bonchev–Trinajstić information content (AvgIpc) is 3.59. The molecule has 5 rings (SSSR count). The third-order valence-electron chi connectivity index (χ3n) is 6.67. The molecular formula is C28H32N6O6. The number of H-pyrrole nitrogens is 1. The number of esters is 1. The van der Waals surface area contributed by atoms with Gasteiger partial charge in [0.2, 0.25) is 6.79 Å². The number of carbonyl (C=O) groups is 1. The summed E-state index contributed by atoms with van der Waals surface area (Å²) >= 11 is 0. The number of hydrogen-bond acceptors (Lipinski definition) is 10. The molecule has 1 aliphatic heterocycles. The third-order valence-corrected chi connectivity index (χ3v) is 6.67. The maximum atomic E-state index is 13.2. The number of benzene rings is 2. The maximum Gasteiger partial charge on any atom is 0.327 e. The molecule has 0 spiro atoms. The summed E-state index contributed by atoms with van der Waals surface area (Å²) < 4.78 is 23.3. The molecule has 0 unspecified atom stereocenters. The van der Waals surface area contributed by atoms with Crippen molar-refractivity contribution in [3.63, 3.8) is 0 Å². The molecule has 0 aliphatic carbocycles. The molecule has 2 aromatic heterocycles. The van der Waals surface area contributed by atoms with Gasteiger partial charge in [0, 0.05) is 29.6 Å². The Bertz CT molecular complexity index is 1550. The van der Waals surface area contributed by atoms with Crippen molar-refractivity contribution in [3.8, 4) is 17.2 Å². The summed E-state index contributed by atoms with van der Waals surface area (Å²) in [4.78, 5) is 30.6. The maximum absolute atomic E-state index is 13.2. The second kappa shape index (κ2) is 12.2. The SMILES string of the molecule is CCOC(=O)Cn1nnnc1[C@@H](CC)N(Cc1ccc2c(c1)OCO2)Cc1cc2cc(OCC)ccc2[nH]c1=O. The predicted molar refractivity (Wildman–Crippen MR) is 145 cm³/mol. The van der Waals surface area contributed by atoms with Gasteiger partial charge in [0.25, 0.3) is 5.56 Å². The largest absolute Gasteiger partial charge is 0.494 e. The summed E-state index contributed by atoms with van der Waals surface area (Å²) in [7, 11) is 0. The van der Waals surface area contributed by atoms with E-state index in [4.69, 9.17) is 18.9 Å². The number of carbonyl (C=O) groups excluding carboxylic acids is 1. The number of aromatic amines is 1. The van der Waals surface area contributed by atoms with Crippen molar-refractivity contribution in [2.24, 2.45) is 0 Å². The lowest BCUT2D eigenvalue weighted by Crippen LogP contribution is -2.33. The molecule has 12 heteroatoms. The summed E-state index contributed by atoms with van der Waals surface area (Å²) in [6.45, 7) is 7.32. The summed E-state index contributed by atoms with van der Waals surface area (Å²) in [5.41, 5.74) is 2.07. The van der Waals surface area contributed by atoms with E-state index in [0.29, 0.717) is 49.0 Å². The Morgan fingerprint density at radius 3 is 2.73 bits per heavy atom. The molecule has 1 aliphatic rings. The van der Waals surface area contributed by atoms with Crippen LogP contribution in [0.2, 0.25) is 0 Å². The van der Waals surface area contributed by atoms with Gasteiger partial charge in [-0.15, -0.1) is 5.10 Å². The number of ether oxygens (including phenoxy) is 4. The summed E-state index contributed by atoms with van der Waals surface area (Å²) in [5, 5.41) is 13.0. The minimum absolute atomic E-state index is 0.110. The number of pyridine rings is 1. The Morgan fingerprint density at radius 2 is 1.93 bits per heavy atom. The monoisotopic (exact) mass is 548 g/mol. The van der Waals surface area contributed by atoms with E-state index in [1.165, 1.54) is 4.68 Å². The summed E-state index contributed by atoms with van der Waals surface area (Å²) in [6, 6.07) is 12.9. The van der Waals surface area contributed by atoms with Gasteiger partial charge in [-0.05, 0) is 72.7 Å². The highest BCUT2D eigenvalue weighted by Crippen LogP contribution is 2.34. The average molecular weight is 549 g/mol. The number of nitrogens with one attached hydrogen (secondary N) is 1. The van der Waals surface area contributed by atoms with Gasteiger partial charge >= 0.3 is 5.97 Å². The molecule has 3 heterocycles. The summed E-state index contributed by atoms with van der Waals surface area (Å²) in [5.74, 6) is 2.17. The lowest BCUT2D eigenvalue weighted by Gasteiger charge is -2.30. The molecule has 0 bridgehead atoms. The van der Waals surface area contributed by atoms with Gasteiger partial charge in [-0.25, -0.2) is 4.68 Å². The molecule has 1 N–H and O–H groups in total. The third kappa shape index (κ3) is 5.91. The first-order chi connectivity index (χ1) is 19.5. The van der Waals surface area contributed by atoms with Gasteiger partial charge < -0.3 is 23.9 Å². The number of tetrazole rings is 1. The van der Waals surface area contributed by atoms with Crippen LogP contribution >= 0.6 is 0 Å². The molecule has 210 valence electrons. The van der Waals surface area contributed by atoms with Crippen molar-refractivity contribution >= 4 is 16.9 Å². The topological polar surface area (TPSA) is 134 Å². The predicted octanol–water partition coefficient (Wildman–Crippen LogP) is 3.36. The summed E-state index contributed by atoms with van der Waals surface area (Å²) in [6.07, 6.45) is 0.619. The zero-order valence-corrected chi connectivity index (χ0v) is 22.8. The molecule has 1 atom stereocenters. The molecule has 0 fully saturated rings. The Balaban J connectivity index is 1.51. The fourth-order valence-electron chi connectivity index (χ4n) is 4.87. The molecule has 40 heavy (non-hydrogen) atoms. The van der Waals surface area contributed by atoms with E-state index in [9.17, 15) is 9.59 Å².